The van der Waals surface area contributed by atoms with Crippen LogP contribution >= 0.6 is 0 Å². The van der Waals surface area contributed by atoms with E-state index in [2.05, 4.69) is 37.9 Å². The Balaban J connectivity index is 2.67. The Morgan fingerprint density at radius 1 is 1.17 bits per heavy atom. The summed E-state index contributed by atoms with van der Waals surface area (Å²) < 4.78 is 0. The number of benzene rings is 1. The summed E-state index contributed by atoms with van der Waals surface area (Å²) in [6, 6.07) is 7.81. The first-order chi connectivity index (χ1) is 8.58. The van der Waals surface area contributed by atoms with E-state index in [1.165, 1.54) is 5.69 Å². The lowest BCUT2D eigenvalue weighted by molar-refractivity contribution is 0.0949. The van der Waals surface area contributed by atoms with E-state index in [4.69, 9.17) is 0 Å². The van der Waals surface area contributed by atoms with Crippen LogP contribution in [0.15, 0.2) is 24.3 Å². The molecule has 0 aliphatic carbocycles. The van der Waals surface area contributed by atoms with Gasteiger partial charge < -0.3 is 10.2 Å². The summed E-state index contributed by atoms with van der Waals surface area (Å²) >= 11 is 0. The molecule has 1 rings (SSSR count). The molecule has 0 saturated carbocycles. The summed E-state index contributed by atoms with van der Waals surface area (Å²) in [5.74, 6) is 0.485. The van der Waals surface area contributed by atoms with Crippen molar-refractivity contribution in [2.75, 3.05) is 24.5 Å². The van der Waals surface area contributed by atoms with E-state index in [1.54, 1.807) is 0 Å². The topological polar surface area (TPSA) is 32.3 Å². The Morgan fingerprint density at radius 3 is 2.17 bits per heavy atom. The number of anilines is 1. The number of nitrogens with one attached hydrogen (secondary N) is 1. The summed E-state index contributed by atoms with van der Waals surface area (Å²) in [7, 11) is 0. The highest BCUT2D eigenvalue weighted by atomic mass is 16.1. The number of carbonyl (C=O) groups is 1. The Hall–Kier alpha value is -1.51. The van der Waals surface area contributed by atoms with E-state index in [0.29, 0.717) is 5.92 Å². The Morgan fingerprint density at radius 2 is 1.72 bits per heavy atom. The van der Waals surface area contributed by atoms with Crippen molar-refractivity contribution in [1.82, 2.24) is 5.32 Å². The van der Waals surface area contributed by atoms with E-state index in [-0.39, 0.29) is 5.91 Å². The van der Waals surface area contributed by atoms with E-state index < -0.39 is 0 Å². The molecule has 1 aromatic rings. The maximum Gasteiger partial charge on any atom is 0.251 e. The average molecular weight is 248 g/mol. The minimum Gasteiger partial charge on any atom is -0.372 e. The van der Waals surface area contributed by atoms with Gasteiger partial charge in [0.05, 0.1) is 0 Å². The van der Waals surface area contributed by atoms with E-state index in [1.807, 2.05) is 24.3 Å². The van der Waals surface area contributed by atoms with Gasteiger partial charge in [-0.05, 0) is 44.0 Å². The van der Waals surface area contributed by atoms with Gasteiger partial charge in [-0.25, -0.2) is 0 Å². The van der Waals surface area contributed by atoms with Crippen LogP contribution in [-0.2, 0) is 0 Å². The summed E-state index contributed by atoms with van der Waals surface area (Å²) in [4.78, 5) is 14.1. The Labute approximate surface area is 110 Å². The van der Waals surface area contributed by atoms with Crippen LogP contribution in [0.2, 0.25) is 0 Å². The monoisotopic (exact) mass is 248 g/mol. The molecule has 0 aromatic heterocycles. The highest BCUT2D eigenvalue weighted by Crippen LogP contribution is 2.14. The minimum atomic E-state index is 0.00907. The van der Waals surface area contributed by atoms with Crippen LogP contribution in [0.1, 0.15) is 38.1 Å². The number of carbonyl (C=O) groups excluding carboxylic acids is 1. The van der Waals surface area contributed by atoms with Gasteiger partial charge in [0.25, 0.3) is 5.91 Å². The molecule has 0 unspecified atom stereocenters. The van der Waals surface area contributed by atoms with Crippen LogP contribution in [0.5, 0.6) is 0 Å². The second-order valence-corrected chi connectivity index (χ2v) is 4.82. The smallest absolute Gasteiger partial charge is 0.251 e. The van der Waals surface area contributed by atoms with Gasteiger partial charge in [0.15, 0.2) is 0 Å². The lowest BCUT2D eigenvalue weighted by Gasteiger charge is -2.21. The van der Waals surface area contributed by atoms with Crippen LogP contribution in [0, 0.1) is 5.92 Å². The first-order valence-corrected chi connectivity index (χ1v) is 6.71. The predicted molar refractivity (Wildman–Crippen MR) is 77.2 cm³/mol. The second kappa shape index (κ2) is 7.04. The highest BCUT2D eigenvalue weighted by Gasteiger charge is 2.07. The van der Waals surface area contributed by atoms with Crippen molar-refractivity contribution in [3.63, 3.8) is 0 Å². The molecule has 0 aliphatic rings. The van der Waals surface area contributed by atoms with Gasteiger partial charge in [-0.2, -0.15) is 0 Å². The first kappa shape index (κ1) is 14.6. The molecule has 100 valence electrons. The van der Waals surface area contributed by atoms with Gasteiger partial charge >= 0.3 is 0 Å². The van der Waals surface area contributed by atoms with Gasteiger partial charge in [-0.3, -0.25) is 4.79 Å². The van der Waals surface area contributed by atoms with Gasteiger partial charge in [0, 0.05) is 30.9 Å². The Kier molecular flexibility index (Phi) is 5.69. The van der Waals surface area contributed by atoms with E-state index in [0.717, 1.165) is 25.2 Å². The number of hydrogen-bond acceptors (Lipinski definition) is 2. The number of hydrogen-bond donors (Lipinski definition) is 1. The summed E-state index contributed by atoms with van der Waals surface area (Å²) in [6.45, 7) is 11.1. The molecule has 1 amide bonds. The van der Waals surface area contributed by atoms with Gasteiger partial charge in [0.1, 0.15) is 0 Å². The molecule has 0 heterocycles. The molecule has 0 radical (unpaired) electrons. The first-order valence-electron chi connectivity index (χ1n) is 6.71. The molecule has 3 nitrogen and oxygen atoms in total. The number of nitrogens with zero attached hydrogens (tertiary/aromatic N) is 1. The summed E-state index contributed by atoms with van der Waals surface area (Å²) in [5.41, 5.74) is 1.90. The fourth-order valence-electron chi connectivity index (χ4n) is 1.81. The average Bonchev–Trinajstić information content (AvgIpc) is 2.38. The van der Waals surface area contributed by atoms with Crippen LogP contribution in [0.4, 0.5) is 5.69 Å². The summed E-state index contributed by atoms with van der Waals surface area (Å²) in [6.07, 6.45) is 0. The molecule has 0 saturated heterocycles. The van der Waals surface area contributed by atoms with E-state index in [9.17, 15) is 4.79 Å². The lowest BCUT2D eigenvalue weighted by Crippen LogP contribution is -2.27. The normalized spacial score (nSPS) is 10.5. The molecule has 0 bridgehead atoms. The van der Waals surface area contributed by atoms with E-state index >= 15 is 0 Å². The predicted octanol–water partition coefficient (Wildman–Crippen LogP) is 2.92. The largest absolute Gasteiger partial charge is 0.372 e. The third-order valence-electron chi connectivity index (χ3n) is 2.93. The van der Waals surface area contributed by atoms with Crippen molar-refractivity contribution in [3.8, 4) is 0 Å². The molecule has 0 fully saturated rings. The zero-order valence-corrected chi connectivity index (χ0v) is 11.9. The van der Waals surface area contributed by atoms with Crippen molar-refractivity contribution < 1.29 is 4.79 Å². The van der Waals surface area contributed by atoms with Crippen LogP contribution < -0.4 is 10.2 Å². The van der Waals surface area contributed by atoms with Crippen LogP contribution in [-0.4, -0.2) is 25.5 Å². The maximum absolute atomic E-state index is 11.8. The number of amides is 1. The second-order valence-electron chi connectivity index (χ2n) is 4.82. The molecule has 0 spiro atoms. The Bertz CT molecular complexity index is 367. The van der Waals surface area contributed by atoms with Crippen molar-refractivity contribution in [1.29, 1.82) is 0 Å². The quantitative estimate of drug-likeness (QED) is 0.839. The fourth-order valence-corrected chi connectivity index (χ4v) is 1.81. The molecule has 0 atom stereocenters. The zero-order chi connectivity index (χ0) is 13.5. The van der Waals surface area contributed by atoms with Gasteiger partial charge in [-0.1, -0.05) is 13.8 Å². The zero-order valence-electron chi connectivity index (χ0n) is 11.9. The molecule has 18 heavy (non-hydrogen) atoms. The number of rotatable bonds is 6. The van der Waals surface area contributed by atoms with Gasteiger partial charge in [-0.15, -0.1) is 0 Å². The van der Waals surface area contributed by atoms with Crippen molar-refractivity contribution in [2.45, 2.75) is 27.7 Å². The fraction of sp³-hybridized carbons (Fsp3) is 0.533. The molecular formula is C15H24N2O. The van der Waals surface area contributed by atoms with Crippen molar-refractivity contribution >= 4 is 11.6 Å². The lowest BCUT2D eigenvalue weighted by atomic mass is 10.1. The SMILES string of the molecule is CCN(CC)c1ccc(C(=O)NCC(C)C)cc1. The van der Waals surface area contributed by atoms with Crippen molar-refractivity contribution in [2.24, 2.45) is 5.92 Å². The highest BCUT2D eigenvalue weighted by molar-refractivity contribution is 5.94. The van der Waals surface area contributed by atoms with Crippen LogP contribution in [0.3, 0.4) is 0 Å². The van der Waals surface area contributed by atoms with Gasteiger partial charge in [0.2, 0.25) is 0 Å². The standard InChI is InChI=1S/C15H24N2O/c1-5-17(6-2)14-9-7-13(8-10-14)15(18)16-11-12(3)4/h7-10,12H,5-6,11H2,1-4H3,(H,16,18). The maximum atomic E-state index is 11.8. The minimum absolute atomic E-state index is 0.00907. The molecule has 1 aromatic carbocycles. The molecule has 3 heteroatoms. The molecular weight excluding hydrogens is 224 g/mol. The molecule has 0 aliphatic heterocycles. The summed E-state index contributed by atoms with van der Waals surface area (Å²) in [5, 5.41) is 2.92. The third kappa shape index (κ3) is 4.06. The van der Waals surface area contributed by atoms with Crippen molar-refractivity contribution in [3.05, 3.63) is 29.8 Å². The molecule has 1 N–H and O–H groups in total. The third-order valence-corrected chi connectivity index (χ3v) is 2.93. The van der Waals surface area contributed by atoms with Crippen LogP contribution in [0.25, 0.3) is 0 Å².